The molecule has 0 atom stereocenters. The van der Waals surface area contributed by atoms with Crippen LogP contribution in [0.25, 0.3) is 0 Å². The number of rotatable bonds is 4. The molecule has 1 aromatic rings. The molecule has 2 rings (SSSR count). The molecular weight excluding hydrogens is 280 g/mol. The Morgan fingerprint density at radius 1 is 1.15 bits per heavy atom. The summed E-state index contributed by atoms with van der Waals surface area (Å²) in [6.45, 7) is 1.02. The van der Waals surface area contributed by atoms with Gasteiger partial charge >= 0.3 is 16.2 Å². The van der Waals surface area contributed by atoms with E-state index in [0.29, 0.717) is 13.1 Å². The summed E-state index contributed by atoms with van der Waals surface area (Å²) in [6, 6.07) is 5.80. The highest BCUT2D eigenvalue weighted by molar-refractivity contribution is 7.90. The van der Waals surface area contributed by atoms with Gasteiger partial charge in [-0.25, -0.2) is 4.79 Å². The van der Waals surface area contributed by atoms with Crippen molar-refractivity contribution in [3.63, 3.8) is 0 Å². The van der Waals surface area contributed by atoms with E-state index < -0.39 is 16.2 Å². The maximum absolute atomic E-state index is 12.3. The number of anilines is 1. The average Bonchev–Trinajstić information content (AvgIpc) is 2.67. The molecule has 1 fully saturated rings. The normalized spacial score (nSPS) is 17.4. The molecule has 0 bridgehead atoms. The van der Waals surface area contributed by atoms with Crippen LogP contribution >= 0.6 is 0 Å². The third-order valence-electron chi connectivity index (χ3n) is 3.26. The molecule has 0 unspecified atom stereocenters. The number of nitrogens with zero attached hydrogens (tertiary/aromatic N) is 1. The molecule has 0 aromatic heterocycles. The van der Waals surface area contributed by atoms with Crippen molar-refractivity contribution in [1.29, 1.82) is 0 Å². The van der Waals surface area contributed by atoms with E-state index in [1.165, 1.54) is 22.5 Å². The number of benzene rings is 1. The Labute approximate surface area is 118 Å². The van der Waals surface area contributed by atoms with Gasteiger partial charge in [0.2, 0.25) is 0 Å². The van der Waals surface area contributed by atoms with Crippen LogP contribution < -0.4 is 4.72 Å². The zero-order valence-corrected chi connectivity index (χ0v) is 11.9. The van der Waals surface area contributed by atoms with E-state index in [9.17, 15) is 13.2 Å². The Balaban J connectivity index is 2.14. The Kier molecular flexibility index (Phi) is 4.61. The number of nitrogens with one attached hydrogen (secondary N) is 1. The third kappa shape index (κ3) is 3.71. The molecule has 110 valence electrons. The highest BCUT2D eigenvalue weighted by Gasteiger charge is 2.22. The van der Waals surface area contributed by atoms with Crippen LogP contribution in [0.1, 0.15) is 36.0 Å². The van der Waals surface area contributed by atoms with Crippen LogP contribution in [0.3, 0.4) is 0 Å². The molecule has 1 aromatic carbocycles. The summed E-state index contributed by atoms with van der Waals surface area (Å²) in [5, 5.41) is 8.91. The molecule has 0 amide bonds. The van der Waals surface area contributed by atoms with E-state index >= 15 is 0 Å². The lowest BCUT2D eigenvalue weighted by molar-refractivity contribution is 0.0697. The molecule has 2 N–H and O–H groups in total. The second-order valence-corrected chi connectivity index (χ2v) is 6.48. The number of carboxylic acids is 1. The summed E-state index contributed by atoms with van der Waals surface area (Å²) in [4.78, 5) is 10.9. The summed E-state index contributed by atoms with van der Waals surface area (Å²) < 4.78 is 28.4. The SMILES string of the molecule is O=C(O)c1cccc(NS(=O)(=O)N2CCCCCC2)c1. The molecule has 1 aliphatic rings. The Morgan fingerprint density at radius 2 is 1.80 bits per heavy atom. The largest absolute Gasteiger partial charge is 0.478 e. The fraction of sp³-hybridized carbons (Fsp3) is 0.462. The lowest BCUT2D eigenvalue weighted by atomic mass is 10.2. The van der Waals surface area contributed by atoms with E-state index in [4.69, 9.17) is 5.11 Å². The monoisotopic (exact) mass is 298 g/mol. The van der Waals surface area contributed by atoms with Crippen molar-refractivity contribution < 1.29 is 18.3 Å². The number of carboxylic acid groups (broad SMARTS) is 1. The first-order chi connectivity index (χ1) is 9.49. The molecule has 1 heterocycles. The molecule has 1 aliphatic heterocycles. The predicted octanol–water partition coefficient (Wildman–Crippen LogP) is 1.92. The van der Waals surface area contributed by atoms with Crippen LogP contribution in [0.2, 0.25) is 0 Å². The van der Waals surface area contributed by atoms with Gasteiger partial charge in [0, 0.05) is 13.1 Å². The van der Waals surface area contributed by atoms with Crippen LogP contribution in [0.5, 0.6) is 0 Å². The lowest BCUT2D eigenvalue weighted by Crippen LogP contribution is -2.36. The van der Waals surface area contributed by atoms with Gasteiger partial charge in [0.15, 0.2) is 0 Å². The van der Waals surface area contributed by atoms with E-state index in [-0.39, 0.29) is 11.3 Å². The minimum Gasteiger partial charge on any atom is -0.478 e. The smallest absolute Gasteiger partial charge is 0.335 e. The number of aromatic carboxylic acids is 1. The van der Waals surface area contributed by atoms with Gasteiger partial charge in [0.25, 0.3) is 0 Å². The number of carbonyl (C=O) groups is 1. The van der Waals surface area contributed by atoms with Crippen LogP contribution in [0.15, 0.2) is 24.3 Å². The van der Waals surface area contributed by atoms with Gasteiger partial charge in [0.05, 0.1) is 11.3 Å². The van der Waals surface area contributed by atoms with E-state index in [0.717, 1.165) is 25.7 Å². The van der Waals surface area contributed by atoms with Crippen molar-refractivity contribution in [2.75, 3.05) is 17.8 Å². The summed E-state index contributed by atoms with van der Waals surface area (Å²) in [5.74, 6) is -1.08. The average molecular weight is 298 g/mol. The van der Waals surface area contributed by atoms with Gasteiger partial charge in [-0.2, -0.15) is 12.7 Å². The van der Waals surface area contributed by atoms with Gasteiger partial charge in [-0.1, -0.05) is 18.9 Å². The second kappa shape index (κ2) is 6.23. The molecular formula is C13H18N2O4S. The molecule has 20 heavy (non-hydrogen) atoms. The first kappa shape index (κ1) is 14.8. The standard InChI is InChI=1S/C13H18N2O4S/c16-13(17)11-6-5-7-12(10-11)14-20(18,19)15-8-3-1-2-4-9-15/h5-7,10,14H,1-4,8-9H2,(H,16,17). The maximum Gasteiger partial charge on any atom is 0.335 e. The summed E-state index contributed by atoms with van der Waals surface area (Å²) in [6.07, 6.45) is 3.80. The fourth-order valence-electron chi connectivity index (χ4n) is 2.21. The molecule has 7 heteroatoms. The van der Waals surface area contributed by atoms with Crippen LogP contribution in [0, 0.1) is 0 Å². The van der Waals surface area contributed by atoms with Gasteiger partial charge in [0.1, 0.15) is 0 Å². The Hall–Kier alpha value is -1.60. The lowest BCUT2D eigenvalue weighted by Gasteiger charge is -2.20. The van der Waals surface area contributed by atoms with Crippen LogP contribution in [0.4, 0.5) is 5.69 Å². The summed E-state index contributed by atoms with van der Waals surface area (Å²) in [7, 11) is -3.61. The second-order valence-electron chi connectivity index (χ2n) is 4.81. The van der Waals surface area contributed by atoms with Crippen LogP contribution in [-0.4, -0.2) is 36.9 Å². The van der Waals surface area contributed by atoms with Crippen molar-refractivity contribution in [3.05, 3.63) is 29.8 Å². The van der Waals surface area contributed by atoms with Gasteiger partial charge < -0.3 is 5.11 Å². The molecule has 6 nitrogen and oxygen atoms in total. The Bertz CT molecular complexity index is 578. The molecule has 0 aliphatic carbocycles. The van der Waals surface area contributed by atoms with E-state index in [2.05, 4.69) is 4.72 Å². The predicted molar refractivity (Wildman–Crippen MR) is 76.0 cm³/mol. The zero-order chi connectivity index (χ0) is 14.6. The molecule has 0 radical (unpaired) electrons. The van der Waals surface area contributed by atoms with Crippen molar-refractivity contribution in [2.24, 2.45) is 0 Å². The molecule has 1 saturated heterocycles. The third-order valence-corrected chi connectivity index (χ3v) is 4.80. The first-order valence-electron chi connectivity index (χ1n) is 6.60. The topological polar surface area (TPSA) is 86.7 Å². The van der Waals surface area contributed by atoms with E-state index in [1.807, 2.05) is 0 Å². The quantitative estimate of drug-likeness (QED) is 0.889. The van der Waals surface area contributed by atoms with Crippen molar-refractivity contribution >= 4 is 21.9 Å². The number of hydrogen-bond donors (Lipinski definition) is 2. The highest BCUT2D eigenvalue weighted by atomic mass is 32.2. The zero-order valence-electron chi connectivity index (χ0n) is 11.1. The van der Waals surface area contributed by atoms with Crippen molar-refractivity contribution in [3.8, 4) is 0 Å². The number of hydrogen-bond acceptors (Lipinski definition) is 3. The van der Waals surface area contributed by atoms with Crippen molar-refractivity contribution in [1.82, 2.24) is 4.31 Å². The summed E-state index contributed by atoms with van der Waals surface area (Å²) >= 11 is 0. The summed E-state index contributed by atoms with van der Waals surface area (Å²) in [5.41, 5.74) is 0.329. The van der Waals surface area contributed by atoms with E-state index in [1.54, 1.807) is 6.07 Å². The molecule has 0 spiro atoms. The highest BCUT2D eigenvalue weighted by Crippen LogP contribution is 2.17. The van der Waals surface area contributed by atoms with Crippen LogP contribution in [-0.2, 0) is 10.2 Å². The maximum atomic E-state index is 12.3. The minimum absolute atomic E-state index is 0.0565. The molecule has 0 saturated carbocycles. The fourth-order valence-corrected chi connectivity index (χ4v) is 3.50. The first-order valence-corrected chi connectivity index (χ1v) is 8.04. The van der Waals surface area contributed by atoms with Gasteiger partial charge in [-0.05, 0) is 31.0 Å². The minimum atomic E-state index is -3.61. The van der Waals surface area contributed by atoms with Gasteiger partial charge in [-0.15, -0.1) is 0 Å². The Morgan fingerprint density at radius 3 is 2.40 bits per heavy atom. The van der Waals surface area contributed by atoms with Crippen molar-refractivity contribution in [2.45, 2.75) is 25.7 Å². The van der Waals surface area contributed by atoms with Gasteiger partial charge in [-0.3, -0.25) is 4.72 Å².